The van der Waals surface area contributed by atoms with Crippen molar-refractivity contribution in [1.82, 2.24) is 15.5 Å². The molecule has 0 aliphatic carbocycles. The summed E-state index contributed by atoms with van der Waals surface area (Å²) < 4.78 is 10.9. The van der Waals surface area contributed by atoms with Crippen LogP contribution < -0.4 is 15.4 Å². The van der Waals surface area contributed by atoms with Crippen LogP contribution in [0.25, 0.3) is 0 Å². The summed E-state index contributed by atoms with van der Waals surface area (Å²) in [5.41, 5.74) is 1.08. The number of rotatable bonds is 9. The van der Waals surface area contributed by atoms with Gasteiger partial charge in [0.05, 0.1) is 18.2 Å². The molecule has 0 fully saturated rings. The molecule has 26 heavy (non-hydrogen) atoms. The first kappa shape index (κ1) is 19.8. The van der Waals surface area contributed by atoms with E-state index in [1.54, 1.807) is 6.92 Å². The molecule has 0 spiro atoms. The van der Waals surface area contributed by atoms with Crippen molar-refractivity contribution in [2.75, 3.05) is 33.4 Å². The lowest BCUT2D eigenvalue weighted by atomic mass is 10.00. The molecule has 0 radical (unpaired) electrons. The van der Waals surface area contributed by atoms with Gasteiger partial charge in [0.1, 0.15) is 12.4 Å². The van der Waals surface area contributed by atoms with Crippen LogP contribution in [0.4, 0.5) is 4.79 Å². The molecule has 7 heteroatoms. The SMILES string of the molecule is CCOC(=O)C1=C(CN(C)CCOc2ccccc2)NC(=O)NC1CC. The van der Waals surface area contributed by atoms with E-state index in [2.05, 4.69) is 10.6 Å². The molecule has 142 valence electrons. The zero-order valence-electron chi connectivity index (χ0n) is 15.6. The molecule has 1 aromatic carbocycles. The van der Waals surface area contributed by atoms with Crippen molar-refractivity contribution < 1.29 is 19.1 Å². The third-order valence-electron chi connectivity index (χ3n) is 4.06. The van der Waals surface area contributed by atoms with Crippen molar-refractivity contribution in [2.45, 2.75) is 26.3 Å². The van der Waals surface area contributed by atoms with Gasteiger partial charge in [-0.2, -0.15) is 0 Å². The molecule has 0 saturated heterocycles. The summed E-state index contributed by atoms with van der Waals surface area (Å²) in [6, 6.07) is 8.95. The van der Waals surface area contributed by atoms with Crippen molar-refractivity contribution in [1.29, 1.82) is 0 Å². The first-order valence-electron chi connectivity index (χ1n) is 8.89. The lowest BCUT2D eigenvalue weighted by Crippen LogP contribution is -2.52. The molecule has 1 aromatic rings. The Bertz CT molecular complexity index is 645. The van der Waals surface area contributed by atoms with Crippen LogP contribution in [-0.2, 0) is 9.53 Å². The maximum atomic E-state index is 12.4. The quantitative estimate of drug-likeness (QED) is 0.657. The average molecular weight is 361 g/mol. The molecule has 0 bridgehead atoms. The minimum Gasteiger partial charge on any atom is -0.492 e. The Morgan fingerprint density at radius 1 is 1.23 bits per heavy atom. The molecular weight excluding hydrogens is 334 g/mol. The van der Waals surface area contributed by atoms with Crippen molar-refractivity contribution in [3.8, 4) is 5.75 Å². The van der Waals surface area contributed by atoms with Crippen LogP contribution in [0, 0.1) is 0 Å². The largest absolute Gasteiger partial charge is 0.492 e. The number of amides is 2. The number of ether oxygens (including phenoxy) is 2. The number of carbonyl (C=O) groups is 2. The van der Waals surface area contributed by atoms with Gasteiger partial charge < -0.3 is 20.1 Å². The molecule has 1 unspecified atom stereocenters. The van der Waals surface area contributed by atoms with Crippen LogP contribution >= 0.6 is 0 Å². The van der Waals surface area contributed by atoms with E-state index in [1.165, 1.54) is 0 Å². The van der Waals surface area contributed by atoms with E-state index < -0.39 is 5.97 Å². The summed E-state index contributed by atoms with van der Waals surface area (Å²) in [6.07, 6.45) is 0.617. The summed E-state index contributed by atoms with van der Waals surface area (Å²) in [7, 11) is 1.92. The molecule has 0 saturated carbocycles. The molecule has 1 heterocycles. The van der Waals surface area contributed by atoms with Gasteiger partial charge in [0, 0.05) is 18.8 Å². The topological polar surface area (TPSA) is 79.9 Å². The highest BCUT2D eigenvalue weighted by Crippen LogP contribution is 2.17. The van der Waals surface area contributed by atoms with Crippen molar-refractivity contribution in [3.63, 3.8) is 0 Å². The van der Waals surface area contributed by atoms with Gasteiger partial charge in [0.25, 0.3) is 0 Å². The monoisotopic (exact) mass is 361 g/mol. The molecule has 2 rings (SSSR count). The van der Waals surface area contributed by atoms with Gasteiger partial charge in [-0.15, -0.1) is 0 Å². The number of para-hydroxylation sites is 1. The number of hydrogen-bond acceptors (Lipinski definition) is 5. The van der Waals surface area contributed by atoms with Crippen LogP contribution in [-0.4, -0.2) is 56.3 Å². The second-order valence-electron chi connectivity index (χ2n) is 6.07. The Morgan fingerprint density at radius 3 is 2.62 bits per heavy atom. The van der Waals surface area contributed by atoms with Crippen molar-refractivity contribution in [2.24, 2.45) is 0 Å². The van der Waals surface area contributed by atoms with E-state index in [-0.39, 0.29) is 12.1 Å². The standard InChI is InChI=1S/C19H27N3O4/c1-4-15-17(18(23)25-5-2)16(21-19(24)20-15)13-22(3)11-12-26-14-9-7-6-8-10-14/h6-10,15H,4-5,11-13H2,1-3H3,(H2,20,21,24). The summed E-state index contributed by atoms with van der Waals surface area (Å²) in [5, 5.41) is 5.53. The summed E-state index contributed by atoms with van der Waals surface area (Å²) >= 11 is 0. The second kappa shape index (κ2) is 9.82. The predicted molar refractivity (Wildman–Crippen MR) is 98.8 cm³/mol. The van der Waals surface area contributed by atoms with Gasteiger partial charge in [-0.1, -0.05) is 25.1 Å². The molecule has 1 aliphatic rings. The smallest absolute Gasteiger partial charge is 0.337 e. The minimum atomic E-state index is -0.393. The Kier molecular flexibility index (Phi) is 7.47. The first-order chi connectivity index (χ1) is 12.5. The highest BCUT2D eigenvalue weighted by atomic mass is 16.5. The fourth-order valence-electron chi connectivity index (χ4n) is 2.77. The molecular formula is C19H27N3O4. The maximum absolute atomic E-state index is 12.4. The van der Waals surface area contributed by atoms with Gasteiger partial charge in [0.2, 0.25) is 0 Å². The molecule has 1 atom stereocenters. The molecule has 1 aliphatic heterocycles. The van der Waals surface area contributed by atoms with E-state index in [4.69, 9.17) is 9.47 Å². The van der Waals surface area contributed by atoms with Crippen LogP contribution in [0.15, 0.2) is 41.6 Å². The van der Waals surface area contributed by atoms with Gasteiger partial charge in [-0.05, 0) is 32.5 Å². The highest BCUT2D eigenvalue weighted by molar-refractivity contribution is 5.94. The minimum absolute atomic E-state index is 0.292. The fraction of sp³-hybridized carbons (Fsp3) is 0.474. The van der Waals surface area contributed by atoms with Crippen LogP contribution in [0.1, 0.15) is 20.3 Å². The number of carbonyl (C=O) groups excluding carboxylic acids is 2. The zero-order chi connectivity index (χ0) is 18.9. The molecule has 0 aromatic heterocycles. The first-order valence-corrected chi connectivity index (χ1v) is 8.89. The number of nitrogens with zero attached hydrogens (tertiary/aromatic N) is 1. The number of urea groups is 1. The molecule has 7 nitrogen and oxygen atoms in total. The van der Waals surface area contributed by atoms with Crippen LogP contribution in [0.5, 0.6) is 5.75 Å². The van der Waals surface area contributed by atoms with Gasteiger partial charge in [0.15, 0.2) is 0 Å². The third-order valence-corrected chi connectivity index (χ3v) is 4.06. The van der Waals surface area contributed by atoms with Gasteiger partial charge in [-0.3, -0.25) is 4.90 Å². The van der Waals surface area contributed by atoms with Crippen molar-refractivity contribution in [3.05, 3.63) is 41.6 Å². The van der Waals surface area contributed by atoms with Crippen molar-refractivity contribution >= 4 is 12.0 Å². The fourth-order valence-corrected chi connectivity index (χ4v) is 2.77. The normalized spacial score (nSPS) is 16.9. The van der Waals surface area contributed by atoms with E-state index in [0.29, 0.717) is 44.0 Å². The average Bonchev–Trinajstić information content (AvgIpc) is 2.62. The lowest BCUT2D eigenvalue weighted by Gasteiger charge is -2.30. The number of esters is 1. The van der Waals surface area contributed by atoms with E-state index in [1.807, 2.05) is 49.2 Å². The Morgan fingerprint density at radius 2 is 1.96 bits per heavy atom. The summed E-state index contributed by atoms with van der Waals surface area (Å²) in [4.78, 5) is 26.2. The lowest BCUT2D eigenvalue weighted by molar-refractivity contribution is -0.139. The van der Waals surface area contributed by atoms with Crippen LogP contribution in [0.2, 0.25) is 0 Å². The van der Waals surface area contributed by atoms with E-state index >= 15 is 0 Å². The highest BCUT2D eigenvalue weighted by Gasteiger charge is 2.31. The van der Waals surface area contributed by atoms with E-state index in [0.717, 1.165) is 5.75 Å². The molecule has 2 amide bonds. The van der Waals surface area contributed by atoms with Gasteiger partial charge in [-0.25, -0.2) is 9.59 Å². The Balaban J connectivity index is 2.01. The number of nitrogens with one attached hydrogen (secondary N) is 2. The van der Waals surface area contributed by atoms with Crippen LogP contribution in [0.3, 0.4) is 0 Å². The second-order valence-corrected chi connectivity index (χ2v) is 6.07. The van der Waals surface area contributed by atoms with Gasteiger partial charge >= 0.3 is 12.0 Å². The Hall–Kier alpha value is -2.54. The predicted octanol–water partition coefficient (Wildman–Crippen LogP) is 1.91. The molecule has 2 N–H and O–H groups in total. The zero-order valence-corrected chi connectivity index (χ0v) is 15.6. The summed E-state index contributed by atoms with van der Waals surface area (Å²) in [6.45, 7) is 5.56. The number of benzene rings is 1. The third kappa shape index (κ3) is 5.49. The maximum Gasteiger partial charge on any atom is 0.337 e. The Labute approximate surface area is 154 Å². The van der Waals surface area contributed by atoms with E-state index in [9.17, 15) is 9.59 Å². The number of hydrogen-bond donors (Lipinski definition) is 2. The number of likely N-dealkylation sites (N-methyl/N-ethyl adjacent to an activating group) is 1. The summed E-state index contributed by atoms with van der Waals surface area (Å²) in [5.74, 6) is 0.421.